The van der Waals surface area contributed by atoms with Crippen molar-refractivity contribution in [2.75, 3.05) is 0 Å². The lowest BCUT2D eigenvalue weighted by molar-refractivity contribution is -0.0284. The molecule has 0 amide bonds. The van der Waals surface area contributed by atoms with Gasteiger partial charge in [0, 0.05) is 18.9 Å². The maximum Gasteiger partial charge on any atom is 0.140 e. The Morgan fingerprint density at radius 2 is 2.44 bits per heavy atom. The van der Waals surface area contributed by atoms with Crippen molar-refractivity contribution in [3.63, 3.8) is 0 Å². The van der Waals surface area contributed by atoms with Crippen molar-refractivity contribution in [1.82, 2.24) is 9.55 Å². The Balaban J connectivity index is 2.23. The molecule has 0 radical (unpaired) electrons. The molecule has 3 nitrogen and oxygen atoms in total. The molecule has 2 atom stereocenters. The molecule has 1 aliphatic rings. The molecule has 0 spiro atoms. The Bertz CT molecular complexity index is 347. The molecule has 3 heteroatoms. The predicted octanol–water partition coefficient (Wildman–Crippen LogP) is 2.69. The lowest BCUT2D eigenvalue weighted by atomic mass is 9.78. The fourth-order valence-electron chi connectivity index (χ4n) is 2.86. The van der Waals surface area contributed by atoms with Crippen molar-refractivity contribution in [2.45, 2.75) is 58.1 Å². The number of hydrogen-bond acceptors (Lipinski definition) is 2. The quantitative estimate of drug-likeness (QED) is 0.854. The maximum atomic E-state index is 10.7. The first kappa shape index (κ1) is 11.6. The molecule has 2 rings (SSSR count). The van der Waals surface area contributed by atoms with E-state index in [0.717, 1.165) is 38.1 Å². The zero-order valence-corrected chi connectivity index (χ0v) is 10.3. The minimum atomic E-state index is -0.684. The molecule has 90 valence electrons. The van der Waals surface area contributed by atoms with Crippen LogP contribution < -0.4 is 0 Å². The van der Waals surface area contributed by atoms with Crippen LogP contribution >= 0.6 is 0 Å². The summed E-state index contributed by atoms with van der Waals surface area (Å²) >= 11 is 0. The molecule has 16 heavy (non-hydrogen) atoms. The summed E-state index contributed by atoms with van der Waals surface area (Å²) in [5.74, 6) is 1.48. The summed E-state index contributed by atoms with van der Waals surface area (Å²) < 4.78 is 2.11. The van der Waals surface area contributed by atoms with E-state index < -0.39 is 5.60 Å². The van der Waals surface area contributed by atoms with Gasteiger partial charge in [-0.15, -0.1) is 0 Å². The van der Waals surface area contributed by atoms with Crippen molar-refractivity contribution < 1.29 is 5.11 Å². The summed E-state index contributed by atoms with van der Waals surface area (Å²) in [5, 5.41) is 10.7. The number of rotatable bonds is 3. The van der Waals surface area contributed by atoms with Gasteiger partial charge in [0.05, 0.1) is 0 Å². The van der Waals surface area contributed by atoms with Crippen LogP contribution in [0, 0.1) is 5.92 Å². The maximum absolute atomic E-state index is 10.7. The third kappa shape index (κ3) is 2.14. The number of imidazole rings is 1. The number of nitrogens with zero attached hydrogens (tertiary/aromatic N) is 2. The number of aromatic nitrogens is 2. The molecule has 1 aromatic rings. The van der Waals surface area contributed by atoms with Gasteiger partial charge >= 0.3 is 0 Å². The van der Waals surface area contributed by atoms with E-state index in [1.54, 1.807) is 0 Å². The van der Waals surface area contributed by atoms with E-state index >= 15 is 0 Å². The van der Waals surface area contributed by atoms with Crippen LogP contribution in [0.25, 0.3) is 0 Å². The number of aliphatic hydroxyl groups is 1. The second-order valence-electron chi connectivity index (χ2n) is 5.18. The molecule has 0 saturated heterocycles. The third-order valence-electron chi connectivity index (χ3n) is 3.57. The largest absolute Gasteiger partial charge is 0.382 e. The summed E-state index contributed by atoms with van der Waals surface area (Å²) in [6.07, 6.45) is 8.92. The topological polar surface area (TPSA) is 38.0 Å². The first-order valence-corrected chi connectivity index (χ1v) is 6.39. The summed E-state index contributed by atoms with van der Waals surface area (Å²) in [4.78, 5) is 4.38. The fraction of sp³-hybridized carbons (Fsp3) is 0.769. The van der Waals surface area contributed by atoms with Crippen LogP contribution in [0.3, 0.4) is 0 Å². The van der Waals surface area contributed by atoms with E-state index in [9.17, 15) is 5.11 Å². The van der Waals surface area contributed by atoms with E-state index in [0.29, 0.717) is 5.92 Å². The van der Waals surface area contributed by atoms with Crippen molar-refractivity contribution >= 4 is 0 Å². The highest BCUT2D eigenvalue weighted by molar-refractivity contribution is 5.07. The van der Waals surface area contributed by atoms with Crippen molar-refractivity contribution in [2.24, 2.45) is 5.92 Å². The minimum absolute atomic E-state index is 0.602. The minimum Gasteiger partial charge on any atom is -0.382 e. The molecular weight excluding hydrogens is 200 g/mol. The summed E-state index contributed by atoms with van der Waals surface area (Å²) in [6.45, 7) is 5.32. The smallest absolute Gasteiger partial charge is 0.140 e. The highest BCUT2D eigenvalue weighted by Gasteiger charge is 2.37. The molecule has 1 heterocycles. The molecule has 0 aliphatic heterocycles. The van der Waals surface area contributed by atoms with Gasteiger partial charge in [0.1, 0.15) is 11.4 Å². The van der Waals surface area contributed by atoms with Crippen LogP contribution in [0.15, 0.2) is 12.4 Å². The molecule has 1 N–H and O–H groups in total. The van der Waals surface area contributed by atoms with Gasteiger partial charge in [0.15, 0.2) is 0 Å². The van der Waals surface area contributed by atoms with Crippen LogP contribution in [-0.2, 0) is 12.1 Å². The van der Waals surface area contributed by atoms with Gasteiger partial charge in [-0.25, -0.2) is 4.98 Å². The molecule has 1 aromatic heterocycles. The monoisotopic (exact) mass is 222 g/mol. The van der Waals surface area contributed by atoms with Crippen LogP contribution in [0.4, 0.5) is 0 Å². The average Bonchev–Trinajstić information content (AvgIpc) is 2.67. The van der Waals surface area contributed by atoms with E-state index in [-0.39, 0.29) is 0 Å². The van der Waals surface area contributed by atoms with Crippen LogP contribution in [-0.4, -0.2) is 14.7 Å². The van der Waals surface area contributed by atoms with Crippen molar-refractivity contribution in [3.05, 3.63) is 18.2 Å². The summed E-state index contributed by atoms with van der Waals surface area (Å²) in [7, 11) is 0. The zero-order chi connectivity index (χ0) is 11.6. The van der Waals surface area contributed by atoms with E-state index in [1.165, 1.54) is 6.42 Å². The molecule has 0 bridgehead atoms. The summed E-state index contributed by atoms with van der Waals surface area (Å²) in [5.41, 5.74) is -0.684. The van der Waals surface area contributed by atoms with Crippen LogP contribution in [0.1, 0.15) is 51.8 Å². The van der Waals surface area contributed by atoms with Crippen molar-refractivity contribution in [1.29, 1.82) is 0 Å². The van der Waals surface area contributed by atoms with Gasteiger partial charge in [-0.3, -0.25) is 0 Å². The SMILES string of the molecule is CCCn1ccnc1C1(O)CCCC(C)C1. The zero-order valence-electron chi connectivity index (χ0n) is 10.3. The average molecular weight is 222 g/mol. The second-order valence-corrected chi connectivity index (χ2v) is 5.18. The van der Waals surface area contributed by atoms with Gasteiger partial charge in [0.25, 0.3) is 0 Å². The lowest BCUT2D eigenvalue weighted by Gasteiger charge is -2.35. The molecule has 1 fully saturated rings. The highest BCUT2D eigenvalue weighted by atomic mass is 16.3. The normalized spacial score (nSPS) is 30.6. The number of hydrogen-bond donors (Lipinski definition) is 1. The van der Waals surface area contributed by atoms with Gasteiger partial charge in [-0.05, 0) is 31.6 Å². The van der Waals surface area contributed by atoms with E-state index in [2.05, 4.69) is 23.4 Å². The van der Waals surface area contributed by atoms with Crippen LogP contribution in [0.5, 0.6) is 0 Å². The van der Waals surface area contributed by atoms with Crippen molar-refractivity contribution in [3.8, 4) is 0 Å². The highest BCUT2D eigenvalue weighted by Crippen LogP contribution is 2.38. The fourth-order valence-corrected chi connectivity index (χ4v) is 2.86. The van der Waals surface area contributed by atoms with Crippen LogP contribution in [0.2, 0.25) is 0 Å². The second kappa shape index (κ2) is 4.58. The number of aryl methyl sites for hydroxylation is 1. The summed E-state index contributed by atoms with van der Waals surface area (Å²) in [6, 6.07) is 0. The Labute approximate surface area is 97.5 Å². The molecule has 0 aromatic carbocycles. The van der Waals surface area contributed by atoms with Gasteiger partial charge < -0.3 is 9.67 Å². The molecular formula is C13H22N2O. The van der Waals surface area contributed by atoms with E-state index in [1.807, 2.05) is 12.4 Å². The van der Waals surface area contributed by atoms with E-state index in [4.69, 9.17) is 0 Å². The van der Waals surface area contributed by atoms with Gasteiger partial charge in [-0.2, -0.15) is 0 Å². The third-order valence-corrected chi connectivity index (χ3v) is 3.57. The Kier molecular flexibility index (Phi) is 3.33. The Hall–Kier alpha value is -0.830. The Morgan fingerprint density at radius 3 is 3.12 bits per heavy atom. The standard InChI is InChI=1S/C13H22N2O/c1-3-8-15-9-7-14-12(15)13(16)6-4-5-11(2)10-13/h7,9,11,16H,3-6,8,10H2,1-2H3. The molecule has 2 unspecified atom stereocenters. The van der Waals surface area contributed by atoms with Gasteiger partial charge in [-0.1, -0.05) is 20.3 Å². The predicted molar refractivity (Wildman–Crippen MR) is 64.0 cm³/mol. The lowest BCUT2D eigenvalue weighted by Crippen LogP contribution is -2.35. The molecule has 1 saturated carbocycles. The van der Waals surface area contributed by atoms with Gasteiger partial charge in [0.2, 0.25) is 0 Å². The molecule has 1 aliphatic carbocycles. The first-order valence-electron chi connectivity index (χ1n) is 6.39. The Morgan fingerprint density at radius 1 is 1.62 bits per heavy atom. The first-order chi connectivity index (χ1) is 7.65.